The first-order valence-electron chi connectivity index (χ1n) is 7.87. The maximum atomic E-state index is 12.5. The van der Waals surface area contributed by atoms with Gasteiger partial charge in [0.1, 0.15) is 6.29 Å². The highest BCUT2D eigenvalue weighted by atomic mass is 35.5. The number of nitrogens with zero attached hydrogens (tertiary/aromatic N) is 2. The molecule has 0 radical (unpaired) electrons. The van der Waals surface area contributed by atoms with Gasteiger partial charge in [0, 0.05) is 5.56 Å². The van der Waals surface area contributed by atoms with Crippen LogP contribution in [-0.2, 0) is 0 Å². The van der Waals surface area contributed by atoms with E-state index in [0.717, 1.165) is 0 Å². The van der Waals surface area contributed by atoms with E-state index in [1.807, 2.05) is 13.0 Å². The molecule has 0 aliphatic rings. The lowest BCUT2D eigenvalue weighted by molar-refractivity contribution is 0.112. The fourth-order valence-corrected chi connectivity index (χ4v) is 2.48. The molecule has 0 bridgehead atoms. The highest BCUT2D eigenvalue weighted by Gasteiger charge is 2.15. The molecule has 3 aromatic rings. The minimum absolute atomic E-state index is 0.101. The van der Waals surface area contributed by atoms with Crippen LogP contribution in [0.1, 0.15) is 17.3 Å². The van der Waals surface area contributed by atoms with E-state index in [4.69, 9.17) is 21.1 Å². The molecule has 0 amide bonds. The first-order valence-corrected chi connectivity index (χ1v) is 8.25. The van der Waals surface area contributed by atoms with Crippen LogP contribution in [0, 0.1) is 0 Å². The highest BCUT2D eigenvalue weighted by molar-refractivity contribution is 6.31. The number of carbonyl (C=O) groups is 1. The van der Waals surface area contributed by atoms with Crippen molar-refractivity contribution in [2.24, 2.45) is 0 Å². The predicted octanol–water partition coefficient (Wildman–Crippen LogP) is 3.89. The van der Waals surface area contributed by atoms with Gasteiger partial charge in [-0.25, -0.2) is 0 Å². The molecule has 6 nitrogen and oxygen atoms in total. The third kappa shape index (κ3) is 3.60. The number of hydrogen-bond donors (Lipinski definition) is 0. The monoisotopic (exact) mass is 370 g/mol. The quantitative estimate of drug-likeness (QED) is 0.615. The molecule has 0 saturated heterocycles. The lowest BCUT2D eigenvalue weighted by atomic mass is 10.2. The number of aldehydes is 1. The zero-order valence-corrected chi connectivity index (χ0v) is 14.6. The maximum Gasteiger partial charge on any atom is 0.294 e. The Morgan fingerprint density at radius 1 is 1.12 bits per heavy atom. The second-order valence-corrected chi connectivity index (χ2v) is 5.61. The Labute approximate surface area is 154 Å². The number of aromatic nitrogens is 2. The van der Waals surface area contributed by atoms with Crippen molar-refractivity contribution in [3.05, 3.63) is 75.7 Å². The molecule has 0 unspecified atom stereocenters. The summed E-state index contributed by atoms with van der Waals surface area (Å²) in [5, 5.41) is 4.01. The lowest BCUT2D eigenvalue weighted by Gasteiger charge is -2.13. The SMILES string of the molecule is CCOc1cc(C=O)ccc1Oc1cnn(-c2ccccc2)c(=O)c1Cl. The summed E-state index contributed by atoms with van der Waals surface area (Å²) >= 11 is 6.19. The number of rotatable bonds is 6. The number of benzene rings is 2. The third-order valence-electron chi connectivity index (χ3n) is 3.51. The van der Waals surface area contributed by atoms with E-state index in [2.05, 4.69) is 5.10 Å². The Morgan fingerprint density at radius 2 is 1.88 bits per heavy atom. The van der Waals surface area contributed by atoms with Gasteiger partial charge in [0.05, 0.1) is 18.5 Å². The van der Waals surface area contributed by atoms with Gasteiger partial charge in [-0.2, -0.15) is 9.78 Å². The molecule has 0 N–H and O–H groups in total. The summed E-state index contributed by atoms with van der Waals surface area (Å²) in [4.78, 5) is 23.4. The highest BCUT2D eigenvalue weighted by Crippen LogP contribution is 2.34. The largest absolute Gasteiger partial charge is 0.490 e. The van der Waals surface area contributed by atoms with Gasteiger partial charge in [0.2, 0.25) is 0 Å². The summed E-state index contributed by atoms with van der Waals surface area (Å²) in [6, 6.07) is 13.6. The Bertz CT molecular complexity index is 987. The van der Waals surface area contributed by atoms with Crippen molar-refractivity contribution >= 4 is 17.9 Å². The molecule has 26 heavy (non-hydrogen) atoms. The van der Waals surface area contributed by atoms with Crippen molar-refractivity contribution in [2.75, 3.05) is 6.61 Å². The number of ether oxygens (including phenoxy) is 2. The number of halogens is 1. The van der Waals surface area contributed by atoms with Crippen LogP contribution in [0.2, 0.25) is 5.02 Å². The topological polar surface area (TPSA) is 70.4 Å². The summed E-state index contributed by atoms with van der Waals surface area (Å²) in [5.41, 5.74) is 0.540. The summed E-state index contributed by atoms with van der Waals surface area (Å²) in [5.74, 6) is 0.807. The van der Waals surface area contributed by atoms with Crippen LogP contribution in [0.3, 0.4) is 0 Å². The number of carbonyl (C=O) groups excluding carboxylic acids is 1. The Hall–Kier alpha value is -3.12. The molecule has 0 fully saturated rings. The van der Waals surface area contributed by atoms with Crippen LogP contribution in [-0.4, -0.2) is 22.7 Å². The standard InChI is InChI=1S/C19H15ClN2O4/c1-2-25-16-10-13(12-23)8-9-15(16)26-17-11-21-22(19(24)18(17)20)14-6-4-3-5-7-14/h3-12H,2H2,1H3. The Morgan fingerprint density at radius 3 is 2.58 bits per heavy atom. The van der Waals surface area contributed by atoms with E-state index in [1.54, 1.807) is 42.5 Å². The van der Waals surface area contributed by atoms with Gasteiger partial charge in [-0.15, -0.1) is 0 Å². The molecule has 1 heterocycles. The molecule has 7 heteroatoms. The molecule has 0 aliphatic carbocycles. The predicted molar refractivity (Wildman–Crippen MR) is 97.9 cm³/mol. The minimum atomic E-state index is -0.502. The van der Waals surface area contributed by atoms with E-state index in [0.29, 0.717) is 35.6 Å². The summed E-state index contributed by atoms with van der Waals surface area (Å²) < 4.78 is 12.4. The molecule has 0 aliphatic heterocycles. The van der Waals surface area contributed by atoms with Gasteiger partial charge in [-0.05, 0) is 37.3 Å². The van der Waals surface area contributed by atoms with E-state index in [9.17, 15) is 9.59 Å². The average molecular weight is 371 g/mol. The second-order valence-electron chi connectivity index (χ2n) is 5.23. The Kier molecular flexibility index (Phi) is 5.34. The molecule has 0 spiro atoms. The summed E-state index contributed by atoms with van der Waals surface area (Å²) in [6.45, 7) is 2.20. The molecule has 0 saturated carbocycles. The van der Waals surface area contributed by atoms with Crippen molar-refractivity contribution in [1.82, 2.24) is 9.78 Å². The molecule has 3 rings (SSSR count). The number of para-hydroxylation sites is 1. The third-order valence-corrected chi connectivity index (χ3v) is 3.86. The van der Waals surface area contributed by atoms with Crippen molar-refractivity contribution in [3.63, 3.8) is 0 Å². The van der Waals surface area contributed by atoms with Gasteiger partial charge in [-0.1, -0.05) is 29.8 Å². The molecule has 132 valence electrons. The van der Waals surface area contributed by atoms with Crippen molar-refractivity contribution in [1.29, 1.82) is 0 Å². The van der Waals surface area contributed by atoms with Gasteiger partial charge in [0.15, 0.2) is 22.3 Å². The maximum absolute atomic E-state index is 12.5. The summed E-state index contributed by atoms with van der Waals surface area (Å²) in [6.07, 6.45) is 2.07. The van der Waals surface area contributed by atoms with Crippen molar-refractivity contribution in [2.45, 2.75) is 6.92 Å². The normalized spacial score (nSPS) is 10.4. The van der Waals surface area contributed by atoms with Crippen molar-refractivity contribution in [3.8, 4) is 22.9 Å². The van der Waals surface area contributed by atoms with Crippen LogP contribution in [0.15, 0.2) is 59.5 Å². The van der Waals surface area contributed by atoms with Crippen LogP contribution >= 0.6 is 11.6 Å². The summed E-state index contributed by atoms with van der Waals surface area (Å²) in [7, 11) is 0. The smallest absolute Gasteiger partial charge is 0.294 e. The van der Waals surface area contributed by atoms with Gasteiger partial charge in [-0.3, -0.25) is 9.59 Å². The lowest BCUT2D eigenvalue weighted by Crippen LogP contribution is -2.21. The van der Waals surface area contributed by atoms with Crippen LogP contribution in [0.4, 0.5) is 0 Å². The second kappa shape index (κ2) is 7.84. The van der Waals surface area contributed by atoms with E-state index in [-0.39, 0.29) is 10.8 Å². The Balaban J connectivity index is 1.98. The van der Waals surface area contributed by atoms with Crippen LogP contribution in [0.5, 0.6) is 17.2 Å². The molecule has 1 aromatic heterocycles. The fraction of sp³-hybridized carbons (Fsp3) is 0.105. The molecule has 2 aromatic carbocycles. The molecule has 0 atom stereocenters. The van der Waals surface area contributed by atoms with Gasteiger partial charge >= 0.3 is 0 Å². The fourth-order valence-electron chi connectivity index (χ4n) is 2.31. The average Bonchev–Trinajstić information content (AvgIpc) is 2.67. The molecular formula is C19H15ClN2O4. The molecular weight excluding hydrogens is 356 g/mol. The van der Waals surface area contributed by atoms with Gasteiger partial charge in [0.25, 0.3) is 5.56 Å². The zero-order chi connectivity index (χ0) is 18.5. The van der Waals surface area contributed by atoms with E-state index < -0.39 is 5.56 Å². The van der Waals surface area contributed by atoms with Gasteiger partial charge < -0.3 is 9.47 Å². The van der Waals surface area contributed by atoms with E-state index in [1.165, 1.54) is 10.9 Å². The van der Waals surface area contributed by atoms with Crippen LogP contribution < -0.4 is 15.0 Å². The minimum Gasteiger partial charge on any atom is -0.490 e. The first-order chi connectivity index (χ1) is 12.6. The zero-order valence-electron chi connectivity index (χ0n) is 13.9. The first kappa shape index (κ1) is 17.7. The van der Waals surface area contributed by atoms with Crippen LogP contribution in [0.25, 0.3) is 5.69 Å². The number of hydrogen-bond acceptors (Lipinski definition) is 5. The van der Waals surface area contributed by atoms with Crippen molar-refractivity contribution < 1.29 is 14.3 Å². The van der Waals surface area contributed by atoms with E-state index >= 15 is 0 Å².